The largest absolute Gasteiger partial charge is 0.452 e. The zero-order valence-electron chi connectivity index (χ0n) is 18.1. The monoisotopic (exact) mass is 420 g/mol. The molecule has 0 fully saturated rings. The summed E-state index contributed by atoms with van der Waals surface area (Å²) in [7, 11) is 0. The fourth-order valence-corrected chi connectivity index (χ4v) is 4.22. The van der Waals surface area contributed by atoms with Crippen LogP contribution in [-0.2, 0) is 28.9 Å². The van der Waals surface area contributed by atoms with Crippen LogP contribution in [0.5, 0.6) is 0 Å². The van der Waals surface area contributed by atoms with E-state index in [2.05, 4.69) is 10.4 Å². The third-order valence-electron chi connectivity index (χ3n) is 5.68. The molecule has 0 saturated heterocycles. The summed E-state index contributed by atoms with van der Waals surface area (Å²) in [4.78, 5) is 29.9. The van der Waals surface area contributed by atoms with Crippen LogP contribution in [-0.4, -0.2) is 39.8 Å². The quantitative estimate of drug-likeness (QED) is 0.468. The van der Waals surface area contributed by atoms with Crippen LogP contribution in [0.15, 0.2) is 30.3 Å². The van der Waals surface area contributed by atoms with Gasteiger partial charge in [0.1, 0.15) is 0 Å². The first-order valence-corrected chi connectivity index (χ1v) is 10.9. The highest BCUT2D eigenvalue weighted by atomic mass is 16.5. The Labute approximate surface area is 181 Å². The number of esters is 1. The highest BCUT2D eigenvalue weighted by Gasteiger charge is 2.24. The van der Waals surface area contributed by atoms with E-state index in [0.29, 0.717) is 12.1 Å². The second kappa shape index (κ2) is 9.29. The molecule has 3 aromatic rings. The van der Waals surface area contributed by atoms with Crippen molar-refractivity contribution in [1.29, 1.82) is 0 Å². The number of aromatic nitrogens is 3. The second-order valence-electron chi connectivity index (χ2n) is 8.07. The fraction of sp³-hybridized carbons (Fsp3) is 0.417. The lowest BCUT2D eigenvalue weighted by Gasteiger charge is -2.19. The molecule has 2 heterocycles. The van der Waals surface area contributed by atoms with Crippen LogP contribution >= 0.6 is 0 Å². The van der Waals surface area contributed by atoms with Crippen LogP contribution in [0.1, 0.15) is 52.3 Å². The summed E-state index contributed by atoms with van der Waals surface area (Å²) in [6, 6.07) is 9.65. The number of amides is 1. The number of ether oxygens (including phenoxy) is 1. The van der Waals surface area contributed by atoms with Crippen molar-refractivity contribution in [2.75, 3.05) is 13.2 Å². The van der Waals surface area contributed by atoms with Gasteiger partial charge in [0.15, 0.2) is 6.61 Å². The third-order valence-corrected chi connectivity index (χ3v) is 5.68. The molecule has 7 nitrogen and oxygen atoms in total. The molecule has 1 N–H and O–H groups in total. The number of hydrogen-bond acceptors (Lipinski definition) is 5. The van der Waals surface area contributed by atoms with Gasteiger partial charge in [0.2, 0.25) is 0 Å². The van der Waals surface area contributed by atoms with Gasteiger partial charge in [0.05, 0.1) is 16.8 Å². The number of para-hydroxylation sites is 1. The number of pyridine rings is 1. The first-order valence-electron chi connectivity index (χ1n) is 10.9. The summed E-state index contributed by atoms with van der Waals surface area (Å²) in [5.74, 6) is -0.747. The molecule has 0 unspecified atom stereocenters. The molecule has 0 bridgehead atoms. The minimum atomic E-state index is -0.449. The minimum Gasteiger partial charge on any atom is -0.452 e. The summed E-state index contributed by atoms with van der Waals surface area (Å²) < 4.78 is 7.34. The van der Waals surface area contributed by atoms with Crippen molar-refractivity contribution in [2.45, 2.75) is 52.5 Å². The van der Waals surface area contributed by atoms with E-state index < -0.39 is 5.97 Å². The highest BCUT2D eigenvalue weighted by molar-refractivity contribution is 6.05. The topological polar surface area (TPSA) is 86.1 Å². The first kappa shape index (κ1) is 21.0. The summed E-state index contributed by atoms with van der Waals surface area (Å²) in [5, 5.41) is 8.02. The van der Waals surface area contributed by atoms with Gasteiger partial charge in [-0.15, -0.1) is 0 Å². The highest BCUT2D eigenvalue weighted by Crippen LogP contribution is 2.29. The van der Waals surface area contributed by atoms with Crippen molar-refractivity contribution < 1.29 is 14.3 Å². The van der Waals surface area contributed by atoms with E-state index in [4.69, 9.17) is 9.72 Å². The third kappa shape index (κ3) is 4.76. The Morgan fingerprint density at radius 1 is 1.16 bits per heavy atom. The van der Waals surface area contributed by atoms with Gasteiger partial charge in [-0.25, -0.2) is 4.79 Å². The van der Waals surface area contributed by atoms with Crippen molar-refractivity contribution in [2.24, 2.45) is 0 Å². The van der Waals surface area contributed by atoms with Crippen molar-refractivity contribution in [3.63, 3.8) is 0 Å². The molecule has 0 radical (unpaired) electrons. The van der Waals surface area contributed by atoms with Gasteiger partial charge < -0.3 is 10.1 Å². The summed E-state index contributed by atoms with van der Waals surface area (Å²) in [6.07, 6.45) is 4.55. The van der Waals surface area contributed by atoms with Crippen LogP contribution < -0.4 is 5.32 Å². The molecule has 162 valence electrons. The van der Waals surface area contributed by atoms with Crippen molar-refractivity contribution >= 4 is 22.8 Å². The zero-order chi connectivity index (χ0) is 21.8. The Kier molecular flexibility index (Phi) is 6.30. The predicted octanol–water partition coefficient (Wildman–Crippen LogP) is 3.29. The molecular formula is C24H28N4O3. The molecule has 0 spiro atoms. The molecule has 1 aliphatic carbocycles. The van der Waals surface area contributed by atoms with Gasteiger partial charge >= 0.3 is 5.97 Å². The molecule has 0 saturated carbocycles. The van der Waals surface area contributed by atoms with Gasteiger partial charge in [-0.3, -0.25) is 14.5 Å². The van der Waals surface area contributed by atoms with E-state index in [-0.39, 0.29) is 12.5 Å². The van der Waals surface area contributed by atoms with E-state index in [1.165, 1.54) is 0 Å². The van der Waals surface area contributed by atoms with E-state index in [1.54, 1.807) is 0 Å². The molecular weight excluding hydrogens is 392 g/mol. The number of fused-ring (bicyclic) bond motifs is 2. The van der Waals surface area contributed by atoms with Crippen LogP contribution in [0.2, 0.25) is 0 Å². The first-order chi connectivity index (χ1) is 15.0. The van der Waals surface area contributed by atoms with E-state index in [0.717, 1.165) is 72.2 Å². The average Bonchev–Trinajstić information content (AvgIpc) is 3.10. The number of rotatable bonds is 7. The maximum Gasteiger partial charge on any atom is 0.339 e. The van der Waals surface area contributed by atoms with Gasteiger partial charge in [-0.2, -0.15) is 5.10 Å². The van der Waals surface area contributed by atoms with E-state index in [9.17, 15) is 9.59 Å². The number of benzene rings is 1. The number of nitrogens with one attached hydrogen (secondary N) is 1. The van der Waals surface area contributed by atoms with Gasteiger partial charge in [-0.1, -0.05) is 18.2 Å². The van der Waals surface area contributed by atoms with Crippen molar-refractivity contribution in [3.8, 4) is 0 Å². The summed E-state index contributed by atoms with van der Waals surface area (Å²) in [5.41, 5.74) is 5.40. The maximum absolute atomic E-state index is 12.9. The van der Waals surface area contributed by atoms with Gasteiger partial charge in [-0.05, 0) is 63.6 Å². The molecule has 1 aromatic carbocycles. The molecule has 7 heteroatoms. The lowest BCUT2D eigenvalue weighted by molar-refractivity contribution is -0.124. The lowest BCUT2D eigenvalue weighted by Crippen LogP contribution is -2.30. The van der Waals surface area contributed by atoms with Gasteiger partial charge in [0.25, 0.3) is 5.91 Å². The number of carbonyl (C=O) groups excluding carboxylic acids is 2. The Bertz CT molecular complexity index is 1120. The Hall–Kier alpha value is -3.22. The number of hydrogen-bond donors (Lipinski definition) is 1. The Morgan fingerprint density at radius 3 is 2.77 bits per heavy atom. The smallest absolute Gasteiger partial charge is 0.339 e. The van der Waals surface area contributed by atoms with Gasteiger partial charge in [0, 0.05) is 29.9 Å². The standard InChI is InChI=1S/C24H28N4O3/c1-16-14-17(2)28(27-16)13-7-12-25-22(29)15-31-24(30)23-18-8-3-5-10-20(18)26-21-11-6-4-9-19(21)23/h3,5,8,10,14H,4,6-7,9,11-13,15H2,1-2H3,(H,25,29). The van der Waals surface area contributed by atoms with E-state index >= 15 is 0 Å². The Balaban J connectivity index is 1.35. The molecule has 1 amide bonds. The van der Waals surface area contributed by atoms with Crippen LogP contribution in [0.3, 0.4) is 0 Å². The fourth-order valence-electron chi connectivity index (χ4n) is 4.22. The zero-order valence-corrected chi connectivity index (χ0v) is 18.1. The van der Waals surface area contributed by atoms with E-state index in [1.807, 2.05) is 48.9 Å². The van der Waals surface area contributed by atoms with Crippen molar-refractivity contribution in [1.82, 2.24) is 20.1 Å². The summed E-state index contributed by atoms with van der Waals surface area (Å²) in [6.45, 7) is 4.92. The summed E-state index contributed by atoms with van der Waals surface area (Å²) >= 11 is 0. The molecule has 0 atom stereocenters. The molecule has 0 aliphatic heterocycles. The SMILES string of the molecule is Cc1cc(C)n(CCCNC(=O)COC(=O)c2c3c(nc4ccccc24)CCCC3)n1. The number of aryl methyl sites for hydroxylation is 4. The molecule has 31 heavy (non-hydrogen) atoms. The van der Waals surface area contributed by atoms with Crippen LogP contribution in [0.4, 0.5) is 0 Å². The second-order valence-corrected chi connectivity index (χ2v) is 8.07. The normalized spacial score (nSPS) is 13.1. The predicted molar refractivity (Wildman–Crippen MR) is 118 cm³/mol. The molecule has 1 aliphatic rings. The molecule has 2 aromatic heterocycles. The van der Waals surface area contributed by atoms with Crippen LogP contribution in [0, 0.1) is 13.8 Å². The molecule has 4 rings (SSSR count). The Morgan fingerprint density at radius 2 is 1.97 bits per heavy atom. The number of nitrogens with zero attached hydrogens (tertiary/aromatic N) is 3. The average molecular weight is 421 g/mol. The van der Waals surface area contributed by atoms with Crippen LogP contribution in [0.25, 0.3) is 10.9 Å². The minimum absolute atomic E-state index is 0.288. The van der Waals surface area contributed by atoms with Crippen molar-refractivity contribution in [3.05, 3.63) is 58.5 Å². The number of carbonyl (C=O) groups is 2. The maximum atomic E-state index is 12.9. The lowest BCUT2D eigenvalue weighted by atomic mass is 9.90.